The zero-order valence-electron chi connectivity index (χ0n) is 18.2. The van der Waals surface area contributed by atoms with Gasteiger partial charge in [0.05, 0.1) is 22.7 Å². The maximum Gasteiger partial charge on any atom is 0.257 e. The summed E-state index contributed by atoms with van der Waals surface area (Å²) in [7, 11) is 0. The minimum atomic E-state index is -0.467. The number of carbonyl (C=O) groups is 3. The van der Waals surface area contributed by atoms with Gasteiger partial charge in [0, 0.05) is 30.0 Å². The number of aromatic nitrogens is 2. The summed E-state index contributed by atoms with van der Waals surface area (Å²) in [6.07, 6.45) is 5.23. The number of carbonyl (C=O) groups excluding carboxylic acids is 3. The third kappa shape index (κ3) is 4.93. The lowest BCUT2D eigenvalue weighted by Gasteiger charge is -2.20. The molecule has 33 heavy (non-hydrogen) atoms. The number of aryl methyl sites for hydroxylation is 1. The summed E-state index contributed by atoms with van der Waals surface area (Å²) in [4.78, 5) is 41.7. The van der Waals surface area contributed by atoms with Crippen LogP contribution in [0.2, 0.25) is 0 Å². The van der Waals surface area contributed by atoms with Crippen molar-refractivity contribution in [2.75, 3.05) is 5.32 Å². The SMILES string of the molecule is N#Cc1ccc(C(=O)Nc2nc3cc(C(=O)C4CCCCC4)ccc3n2CCC(N)=O)cc1. The number of rotatable bonds is 7. The molecule has 1 aromatic heterocycles. The van der Waals surface area contributed by atoms with Gasteiger partial charge in [0.1, 0.15) is 0 Å². The number of imidazole rings is 1. The highest BCUT2D eigenvalue weighted by Gasteiger charge is 2.23. The highest BCUT2D eigenvalue weighted by molar-refractivity contribution is 6.05. The second-order valence-electron chi connectivity index (χ2n) is 8.35. The van der Waals surface area contributed by atoms with Gasteiger partial charge in [-0.1, -0.05) is 19.3 Å². The molecule has 8 heteroatoms. The maximum atomic E-state index is 13.0. The van der Waals surface area contributed by atoms with Gasteiger partial charge >= 0.3 is 0 Å². The monoisotopic (exact) mass is 443 g/mol. The van der Waals surface area contributed by atoms with Gasteiger partial charge in [-0.3, -0.25) is 19.7 Å². The van der Waals surface area contributed by atoms with Gasteiger partial charge in [-0.15, -0.1) is 0 Å². The van der Waals surface area contributed by atoms with Crippen molar-refractivity contribution in [3.63, 3.8) is 0 Å². The van der Waals surface area contributed by atoms with Crippen LogP contribution in [0.4, 0.5) is 5.95 Å². The van der Waals surface area contributed by atoms with Crippen molar-refractivity contribution in [3.8, 4) is 6.07 Å². The van der Waals surface area contributed by atoms with E-state index in [2.05, 4.69) is 10.3 Å². The number of hydrogen-bond acceptors (Lipinski definition) is 5. The smallest absolute Gasteiger partial charge is 0.257 e. The molecule has 0 radical (unpaired) electrons. The van der Waals surface area contributed by atoms with Crippen LogP contribution in [0.15, 0.2) is 42.5 Å². The molecule has 0 spiro atoms. The Balaban J connectivity index is 1.65. The van der Waals surface area contributed by atoms with Gasteiger partial charge in [-0.2, -0.15) is 5.26 Å². The summed E-state index contributed by atoms with van der Waals surface area (Å²) >= 11 is 0. The lowest BCUT2D eigenvalue weighted by Crippen LogP contribution is -2.18. The zero-order chi connectivity index (χ0) is 23.4. The first kappa shape index (κ1) is 22.2. The van der Waals surface area contributed by atoms with Crippen LogP contribution in [-0.4, -0.2) is 27.1 Å². The van der Waals surface area contributed by atoms with Gasteiger partial charge in [-0.05, 0) is 55.3 Å². The Hall–Kier alpha value is -3.99. The van der Waals surface area contributed by atoms with Gasteiger partial charge in [0.15, 0.2) is 5.78 Å². The van der Waals surface area contributed by atoms with Crippen molar-refractivity contribution in [2.45, 2.75) is 45.1 Å². The van der Waals surface area contributed by atoms with Crippen LogP contribution >= 0.6 is 0 Å². The molecule has 1 heterocycles. The first-order chi connectivity index (χ1) is 16.0. The topological polar surface area (TPSA) is 131 Å². The van der Waals surface area contributed by atoms with Gasteiger partial charge in [0.25, 0.3) is 5.91 Å². The summed E-state index contributed by atoms with van der Waals surface area (Å²) in [5, 5.41) is 11.7. The summed E-state index contributed by atoms with van der Waals surface area (Å²) in [5.74, 6) is -0.419. The van der Waals surface area contributed by atoms with E-state index in [0.29, 0.717) is 27.7 Å². The van der Waals surface area contributed by atoms with Crippen molar-refractivity contribution < 1.29 is 14.4 Å². The molecule has 0 saturated heterocycles. The lowest BCUT2D eigenvalue weighted by atomic mass is 9.84. The second-order valence-corrected chi connectivity index (χ2v) is 8.35. The molecule has 2 amide bonds. The Kier molecular flexibility index (Phi) is 6.50. The number of fused-ring (bicyclic) bond motifs is 1. The molecule has 1 saturated carbocycles. The minimum Gasteiger partial charge on any atom is -0.370 e. The van der Waals surface area contributed by atoms with Crippen LogP contribution < -0.4 is 11.1 Å². The Labute approximate surface area is 191 Å². The third-order valence-corrected chi connectivity index (χ3v) is 6.09. The fraction of sp³-hybridized carbons (Fsp3) is 0.320. The van der Waals surface area contributed by atoms with E-state index < -0.39 is 11.8 Å². The van der Waals surface area contributed by atoms with Crippen molar-refractivity contribution >= 4 is 34.6 Å². The van der Waals surface area contributed by atoms with E-state index in [9.17, 15) is 14.4 Å². The normalized spacial score (nSPS) is 14.0. The van der Waals surface area contributed by atoms with Crippen LogP contribution in [0.1, 0.15) is 64.8 Å². The number of amides is 2. The van der Waals surface area contributed by atoms with Crippen molar-refractivity contribution in [1.82, 2.24) is 9.55 Å². The molecular formula is C25H25N5O3. The summed E-state index contributed by atoms with van der Waals surface area (Å²) in [5.41, 5.74) is 8.04. The minimum absolute atomic E-state index is 0.0451. The number of anilines is 1. The number of nitriles is 1. The number of hydrogen-bond donors (Lipinski definition) is 2. The average molecular weight is 444 g/mol. The predicted molar refractivity (Wildman–Crippen MR) is 124 cm³/mol. The van der Waals surface area contributed by atoms with Crippen molar-refractivity contribution in [1.29, 1.82) is 5.26 Å². The number of nitrogens with two attached hydrogens (primary N) is 1. The number of benzene rings is 2. The highest BCUT2D eigenvalue weighted by atomic mass is 16.2. The van der Waals surface area contributed by atoms with E-state index in [-0.39, 0.29) is 30.6 Å². The Morgan fingerprint density at radius 1 is 1.06 bits per heavy atom. The summed E-state index contributed by atoms with van der Waals surface area (Å²) in [6, 6.07) is 13.6. The number of nitrogens with one attached hydrogen (secondary N) is 1. The summed E-state index contributed by atoms with van der Waals surface area (Å²) < 4.78 is 1.72. The van der Waals surface area contributed by atoms with E-state index in [1.54, 1.807) is 47.0 Å². The number of nitrogens with zero attached hydrogens (tertiary/aromatic N) is 3. The van der Waals surface area contributed by atoms with E-state index in [1.165, 1.54) is 6.42 Å². The highest BCUT2D eigenvalue weighted by Crippen LogP contribution is 2.29. The molecule has 0 atom stereocenters. The van der Waals surface area contributed by atoms with E-state index >= 15 is 0 Å². The number of Topliss-reactive ketones (excluding diaryl/α,β-unsaturated/α-hetero) is 1. The predicted octanol–water partition coefficient (Wildman–Crippen LogP) is 3.80. The van der Waals surface area contributed by atoms with Crippen LogP contribution in [-0.2, 0) is 11.3 Å². The standard InChI is InChI=1S/C25H25N5O3/c26-15-16-6-8-18(9-7-16)24(33)29-25-28-20-14-19(23(32)17-4-2-1-3-5-17)10-11-21(20)30(25)13-12-22(27)31/h6-11,14,17H,1-5,12-13H2,(H2,27,31)(H,28,29,33). The first-order valence-electron chi connectivity index (χ1n) is 11.1. The Morgan fingerprint density at radius 2 is 1.76 bits per heavy atom. The molecule has 0 unspecified atom stereocenters. The first-order valence-corrected chi connectivity index (χ1v) is 11.1. The van der Waals surface area contributed by atoms with Crippen LogP contribution in [0, 0.1) is 17.2 Å². The molecule has 1 aliphatic rings. The van der Waals surface area contributed by atoms with Gasteiger partial charge in [-0.25, -0.2) is 4.98 Å². The van der Waals surface area contributed by atoms with E-state index in [4.69, 9.17) is 11.0 Å². The second kappa shape index (κ2) is 9.65. The zero-order valence-corrected chi connectivity index (χ0v) is 18.2. The van der Waals surface area contributed by atoms with Crippen LogP contribution in [0.3, 0.4) is 0 Å². The Bertz CT molecular complexity index is 1250. The third-order valence-electron chi connectivity index (χ3n) is 6.09. The molecule has 0 bridgehead atoms. The van der Waals surface area contributed by atoms with Crippen LogP contribution in [0.25, 0.3) is 11.0 Å². The number of primary amides is 1. The molecular weight excluding hydrogens is 418 g/mol. The quantitative estimate of drug-likeness (QED) is 0.536. The summed E-state index contributed by atoms with van der Waals surface area (Å²) in [6.45, 7) is 0.241. The molecule has 168 valence electrons. The van der Waals surface area contributed by atoms with Crippen molar-refractivity contribution in [3.05, 3.63) is 59.2 Å². The Morgan fingerprint density at radius 3 is 2.42 bits per heavy atom. The molecule has 4 rings (SSSR count). The van der Waals surface area contributed by atoms with E-state index in [1.807, 2.05) is 6.07 Å². The molecule has 8 nitrogen and oxygen atoms in total. The largest absolute Gasteiger partial charge is 0.370 e. The molecule has 1 fully saturated rings. The van der Waals surface area contributed by atoms with Gasteiger partial charge < -0.3 is 10.3 Å². The molecule has 0 aliphatic heterocycles. The lowest BCUT2D eigenvalue weighted by molar-refractivity contribution is -0.118. The fourth-order valence-electron chi connectivity index (χ4n) is 4.30. The molecule has 3 N–H and O–H groups in total. The van der Waals surface area contributed by atoms with Crippen molar-refractivity contribution in [2.24, 2.45) is 11.7 Å². The average Bonchev–Trinajstić information content (AvgIpc) is 3.18. The molecule has 3 aromatic rings. The fourth-order valence-corrected chi connectivity index (χ4v) is 4.30. The van der Waals surface area contributed by atoms with Gasteiger partial charge in [0.2, 0.25) is 11.9 Å². The molecule has 1 aliphatic carbocycles. The maximum absolute atomic E-state index is 13.0. The molecule has 2 aromatic carbocycles. The van der Waals surface area contributed by atoms with Crippen LogP contribution in [0.5, 0.6) is 0 Å². The van der Waals surface area contributed by atoms with E-state index in [0.717, 1.165) is 25.7 Å². The number of ketones is 1.